The fourth-order valence-electron chi connectivity index (χ4n) is 4.72. The molecule has 0 spiro atoms. The maximum atomic E-state index is 11.5. The molecule has 6 heteroatoms. The summed E-state index contributed by atoms with van der Waals surface area (Å²) < 4.78 is 7.94. The third-order valence-corrected chi connectivity index (χ3v) is 6.61. The van der Waals surface area contributed by atoms with Gasteiger partial charge in [-0.1, -0.05) is 48.5 Å². The number of fused-ring (bicyclic) bond motifs is 1. The maximum Gasteiger partial charge on any atom is 0.236 e. The van der Waals surface area contributed by atoms with Crippen molar-refractivity contribution >= 4 is 16.8 Å². The van der Waals surface area contributed by atoms with Gasteiger partial charge in [0.05, 0.1) is 11.2 Å². The molecule has 1 aliphatic rings. The van der Waals surface area contributed by atoms with E-state index < -0.39 is 0 Å². The molecule has 2 aromatic heterocycles. The fraction of sp³-hybridized carbons (Fsp3) is 0.296. The van der Waals surface area contributed by atoms with Gasteiger partial charge >= 0.3 is 0 Å². The van der Waals surface area contributed by atoms with E-state index in [1.54, 1.807) is 4.68 Å². The first kappa shape index (κ1) is 21.2. The highest BCUT2D eigenvalue weighted by atomic mass is 16.5. The van der Waals surface area contributed by atoms with Crippen molar-refractivity contribution in [3.8, 4) is 17.1 Å². The van der Waals surface area contributed by atoms with Gasteiger partial charge in [0.1, 0.15) is 6.61 Å². The molecule has 0 atom stereocenters. The number of primary amides is 1. The van der Waals surface area contributed by atoms with Crippen LogP contribution in [0.1, 0.15) is 42.7 Å². The number of carbonyl (C=O) groups excluding carboxylic acids is 1. The Morgan fingerprint density at radius 3 is 2.55 bits per heavy atom. The van der Waals surface area contributed by atoms with Gasteiger partial charge in [-0.05, 0) is 49.3 Å². The van der Waals surface area contributed by atoms with Crippen LogP contribution in [0.15, 0.2) is 66.9 Å². The predicted octanol–water partition coefficient (Wildman–Crippen LogP) is 4.97. The van der Waals surface area contributed by atoms with E-state index in [9.17, 15) is 4.79 Å². The second kappa shape index (κ2) is 9.06. The first-order valence-corrected chi connectivity index (χ1v) is 11.5. The van der Waals surface area contributed by atoms with Crippen LogP contribution in [0.3, 0.4) is 0 Å². The summed E-state index contributed by atoms with van der Waals surface area (Å²) in [7, 11) is 1.91. The average molecular weight is 441 g/mol. The first-order valence-electron chi connectivity index (χ1n) is 11.5. The molecule has 168 valence electrons. The van der Waals surface area contributed by atoms with Gasteiger partial charge < -0.3 is 10.5 Å². The normalized spacial score (nSPS) is 18.3. The molecule has 0 saturated heterocycles. The van der Waals surface area contributed by atoms with Gasteiger partial charge in [0.2, 0.25) is 11.8 Å². The van der Waals surface area contributed by atoms with Crippen LogP contribution in [-0.2, 0) is 18.4 Å². The number of amides is 1. The van der Waals surface area contributed by atoms with Crippen LogP contribution >= 0.6 is 0 Å². The molecule has 0 unspecified atom stereocenters. The van der Waals surface area contributed by atoms with Crippen LogP contribution in [0.4, 0.5) is 0 Å². The number of ether oxygens (including phenoxy) is 1. The fourth-order valence-corrected chi connectivity index (χ4v) is 4.72. The van der Waals surface area contributed by atoms with E-state index >= 15 is 0 Å². The molecule has 0 aliphatic heterocycles. The van der Waals surface area contributed by atoms with Crippen LogP contribution in [0.5, 0.6) is 5.88 Å². The molecule has 2 heterocycles. The summed E-state index contributed by atoms with van der Waals surface area (Å²) in [5, 5.41) is 5.68. The number of nitrogens with zero attached hydrogens (tertiary/aromatic N) is 3. The lowest BCUT2D eigenvalue weighted by molar-refractivity contribution is -0.122. The van der Waals surface area contributed by atoms with Gasteiger partial charge in [0.15, 0.2) is 0 Å². The highest BCUT2D eigenvalue weighted by Crippen LogP contribution is 2.39. The summed E-state index contributed by atoms with van der Waals surface area (Å²) in [5.41, 5.74) is 10.7. The molecule has 1 amide bonds. The third-order valence-electron chi connectivity index (χ3n) is 6.61. The Hall–Kier alpha value is -3.67. The lowest BCUT2D eigenvalue weighted by atomic mass is 9.79. The lowest BCUT2D eigenvalue weighted by Gasteiger charge is -2.26. The zero-order chi connectivity index (χ0) is 22.8. The molecule has 33 heavy (non-hydrogen) atoms. The number of nitrogens with two attached hydrogens (primary N) is 1. The minimum absolute atomic E-state index is 0.00195. The Morgan fingerprint density at radius 2 is 1.79 bits per heavy atom. The van der Waals surface area contributed by atoms with Crippen LogP contribution in [0, 0.1) is 5.92 Å². The van der Waals surface area contributed by atoms with E-state index in [-0.39, 0.29) is 11.8 Å². The topological polar surface area (TPSA) is 83.0 Å². The van der Waals surface area contributed by atoms with Crippen molar-refractivity contribution in [3.05, 3.63) is 78.0 Å². The Bertz CT molecular complexity index is 1270. The summed E-state index contributed by atoms with van der Waals surface area (Å²) in [6.07, 6.45) is 5.57. The Morgan fingerprint density at radius 1 is 1.03 bits per heavy atom. The van der Waals surface area contributed by atoms with Crippen LogP contribution in [0.25, 0.3) is 22.2 Å². The molecular formula is C27H28N4O2. The number of para-hydroxylation sites is 1. The molecule has 2 aromatic carbocycles. The van der Waals surface area contributed by atoms with E-state index in [0.717, 1.165) is 59.0 Å². The van der Waals surface area contributed by atoms with Gasteiger partial charge in [-0.2, -0.15) is 0 Å². The van der Waals surface area contributed by atoms with Gasteiger partial charge in [-0.3, -0.25) is 9.48 Å². The number of hydrogen-bond acceptors (Lipinski definition) is 4. The Kier molecular flexibility index (Phi) is 5.82. The Balaban J connectivity index is 1.26. The zero-order valence-electron chi connectivity index (χ0n) is 18.8. The molecule has 1 saturated carbocycles. The van der Waals surface area contributed by atoms with Crippen molar-refractivity contribution in [2.45, 2.75) is 38.2 Å². The number of carbonyl (C=O) groups is 1. The number of benzene rings is 2. The van der Waals surface area contributed by atoms with Gasteiger partial charge in [0.25, 0.3) is 0 Å². The number of pyridine rings is 1. The summed E-state index contributed by atoms with van der Waals surface area (Å²) in [6, 6.07) is 20.6. The van der Waals surface area contributed by atoms with E-state index in [2.05, 4.69) is 47.6 Å². The minimum Gasteiger partial charge on any atom is -0.472 e. The molecule has 6 nitrogen and oxygen atoms in total. The van der Waals surface area contributed by atoms with E-state index in [4.69, 9.17) is 15.5 Å². The molecule has 2 N–H and O–H groups in total. The summed E-state index contributed by atoms with van der Waals surface area (Å²) in [6.45, 7) is 0.450. The maximum absolute atomic E-state index is 11.5. The van der Waals surface area contributed by atoms with Crippen LogP contribution < -0.4 is 10.5 Å². The van der Waals surface area contributed by atoms with Crippen molar-refractivity contribution in [1.82, 2.24) is 14.8 Å². The number of rotatable bonds is 6. The molecular weight excluding hydrogens is 412 g/mol. The molecule has 1 fully saturated rings. The molecule has 0 radical (unpaired) electrons. The molecule has 5 rings (SSSR count). The monoisotopic (exact) mass is 440 g/mol. The lowest BCUT2D eigenvalue weighted by Crippen LogP contribution is -2.27. The van der Waals surface area contributed by atoms with Crippen LogP contribution in [-0.4, -0.2) is 20.7 Å². The highest BCUT2D eigenvalue weighted by molar-refractivity contribution is 5.81. The minimum atomic E-state index is -0.182. The number of hydrogen-bond donors (Lipinski definition) is 1. The smallest absolute Gasteiger partial charge is 0.236 e. The molecule has 1 aliphatic carbocycles. The Labute approximate surface area is 193 Å². The number of aromatic nitrogens is 3. The van der Waals surface area contributed by atoms with Crippen molar-refractivity contribution in [2.75, 3.05) is 0 Å². The SMILES string of the molecule is Cn1cc([C@H]2CC[C@@H](C(N)=O)CC2)c(OCc2ccc(-c3ccc4ccccc4n3)cc2)n1. The van der Waals surface area contributed by atoms with Gasteiger partial charge in [-0.25, -0.2) is 4.98 Å². The highest BCUT2D eigenvalue weighted by Gasteiger charge is 2.28. The summed E-state index contributed by atoms with van der Waals surface area (Å²) in [4.78, 5) is 16.3. The van der Waals surface area contributed by atoms with E-state index in [1.807, 2.05) is 31.4 Å². The molecule has 0 bridgehead atoms. The van der Waals surface area contributed by atoms with Crippen molar-refractivity contribution < 1.29 is 9.53 Å². The van der Waals surface area contributed by atoms with Crippen molar-refractivity contribution in [2.24, 2.45) is 18.7 Å². The quantitative estimate of drug-likeness (QED) is 0.459. The second-order valence-electron chi connectivity index (χ2n) is 8.89. The number of aryl methyl sites for hydroxylation is 1. The zero-order valence-corrected chi connectivity index (χ0v) is 18.8. The van der Waals surface area contributed by atoms with Gasteiger partial charge in [0, 0.05) is 35.7 Å². The van der Waals surface area contributed by atoms with E-state index in [1.165, 1.54) is 0 Å². The predicted molar refractivity (Wildman–Crippen MR) is 129 cm³/mol. The van der Waals surface area contributed by atoms with Crippen molar-refractivity contribution in [1.29, 1.82) is 0 Å². The average Bonchev–Trinajstić information content (AvgIpc) is 3.23. The standard InChI is InChI=1S/C27H28N4O2/c1-31-16-23(19-10-12-22(13-11-19)26(28)32)27(30-31)33-17-18-6-8-21(9-7-18)25-15-14-20-4-2-3-5-24(20)29-25/h2-9,14-16,19,22H,10-13,17H2,1H3,(H2,28,32)/t19-,22+. The largest absolute Gasteiger partial charge is 0.472 e. The summed E-state index contributed by atoms with van der Waals surface area (Å²) >= 11 is 0. The van der Waals surface area contributed by atoms with Crippen LogP contribution in [0.2, 0.25) is 0 Å². The van der Waals surface area contributed by atoms with Gasteiger partial charge in [-0.15, -0.1) is 5.10 Å². The molecule has 4 aromatic rings. The van der Waals surface area contributed by atoms with Crippen molar-refractivity contribution in [3.63, 3.8) is 0 Å². The van der Waals surface area contributed by atoms with E-state index in [0.29, 0.717) is 18.4 Å². The second-order valence-corrected chi connectivity index (χ2v) is 8.89. The third kappa shape index (κ3) is 4.60. The first-order chi connectivity index (χ1) is 16.1. The summed E-state index contributed by atoms with van der Waals surface area (Å²) in [5.74, 6) is 0.849.